The third-order valence-electron chi connectivity index (χ3n) is 5.32. The first-order valence-corrected chi connectivity index (χ1v) is 17.6. The van der Waals surface area contributed by atoms with Gasteiger partial charge in [0.15, 0.2) is 9.84 Å². The van der Waals surface area contributed by atoms with E-state index in [1.165, 1.54) is 0 Å². The van der Waals surface area contributed by atoms with Crippen molar-refractivity contribution in [1.29, 1.82) is 0 Å². The van der Waals surface area contributed by atoms with Crippen LogP contribution in [0.4, 0.5) is 0 Å². The second kappa shape index (κ2) is 16.1. The zero-order chi connectivity index (χ0) is 30.6. The number of hydrogen-bond donors (Lipinski definition) is 2. The van der Waals surface area contributed by atoms with Crippen LogP contribution in [0.2, 0.25) is 0 Å². The van der Waals surface area contributed by atoms with Crippen molar-refractivity contribution in [3.05, 3.63) is 70.8 Å². The highest BCUT2D eigenvalue weighted by molar-refractivity contribution is 7.91. The van der Waals surface area contributed by atoms with Crippen molar-refractivity contribution in [2.45, 2.75) is 77.5 Å². The maximum atomic E-state index is 11.6. The number of sulfone groups is 1. The highest BCUT2D eigenvalue weighted by Crippen LogP contribution is 2.30. The Labute approximate surface area is 234 Å². The van der Waals surface area contributed by atoms with Crippen LogP contribution in [0, 0.1) is 13.8 Å². The van der Waals surface area contributed by atoms with Gasteiger partial charge in [-0.3, -0.25) is 9.11 Å². The number of benzene rings is 3. The maximum absolute atomic E-state index is 11.6. The highest BCUT2D eigenvalue weighted by atomic mass is 32.2. The lowest BCUT2D eigenvalue weighted by Gasteiger charge is -2.14. The van der Waals surface area contributed by atoms with E-state index < -0.39 is 30.1 Å². The minimum atomic E-state index is -4.18. The van der Waals surface area contributed by atoms with E-state index in [4.69, 9.17) is 4.55 Å². The van der Waals surface area contributed by atoms with Crippen LogP contribution in [-0.2, 0) is 42.9 Å². The molecular formula is C28H42O8S3. The molecule has 0 aromatic heterocycles. The van der Waals surface area contributed by atoms with Crippen LogP contribution in [0.25, 0.3) is 10.8 Å². The summed E-state index contributed by atoms with van der Waals surface area (Å²) in [6.07, 6.45) is 2.71. The molecule has 11 heteroatoms. The molecular weight excluding hydrogens is 561 g/mol. The van der Waals surface area contributed by atoms with Crippen LogP contribution >= 0.6 is 0 Å². The molecule has 0 aliphatic carbocycles. The molecule has 0 aliphatic heterocycles. The summed E-state index contributed by atoms with van der Waals surface area (Å²) in [5, 5.41) is 1.93. The van der Waals surface area contributed by atoms with E-state index in [1.807, 2.05) is 78.8 Å². The van der Waals surface area contributed by atoms with E-state index in [0.717, 1.165) is 39.4 Å². The smallest absolute Gasteiger partial charge is 0.286 e. The molecule has 0 bridgehead atoms. The monoisotopic (exact) mass is 602 g/mol. The summed E-state index contributed by atoms with van der Waals surface area (Å²) in [5.41, 5.74) is 3.88. The SMILES string of the molecule is CC.CCCS(=O)(=O)c1ccc(C)cc1.CCc1c(S(=O)(=O)O)cc2cc(C)ccc2c1CC.CS(=O)(=O)O. The Kier molecular flexibility index (Phi) is 15.1. The molecule has 0 amide bonds. The van der Waals surface area contributed by atoms with E-state index in [9.17, 15) is 29.8 Å². The normalized spacial score (nSPS) is 11.3. The fourth-order valence-electron chi connectivity index (χ4n) is 3.77. The molecule has 0 saturated heterocycles. The fraction of sp³-hybridized carbons (Fsp3) is 0.429. The van der Waals surface area contributed by atoms with Crippen LogP contribution in [0.3, 0.4) is 0 Å². The van der Waals surface area contributed by atoms with Crippen molar-refractivity contribution in [3.8, 4) is 0 Å². The van der Waals surface area contributed by atoms with E-state index in [1.54, 1.807) is 18.2 Å². The van der Waals surface area contributed by atoms with Crippen LogP contribution in [0.5, 0.6) is 0 Å². The van der Waals surface area contributed by atoms with Gasteiger partial charge in [-0.25, -0.2) is 8.42 Å². The number of rotatable bonds is 6. The topological polar surface area (TPSA) is 143 Å². The van der Waals surface area contributed by atoms with E-state index in [2.05, 4.69) is 0 Å². The van der Waals surface area contributed by atoms with Gasteiger partial charge >= 0.3 is 0 Å². The van der Waals surface area contributed by atoms with Crippen LogP contribution < -0.4 is 0 Å². The van der Waals surface area contributed by atoms with Crippen molar-refractivity contribution >= 4 is 40.8 Å². The van der Waals surface area contributed by atoms with Gasteiger partial charge in [0.25, 0.3) is 20.2 Å². The second-order valence-corrected chi connectivity index (χ2v) is 13.6. The summed E-state index contributed by atoms with van der Waals surface area (Å²) in [4.78, 5) is 0.477. The second-order valence-electron chi connectivity index (χ2n) is 8.60. The lowest BCUT2D eigenvalue weighted by molar-refractivity contribution is 0.481. The lowest BCUT2D eigenvalue weighted by Crippen LogP contribution is -2.06. The lowest BCUT2D eigenvalue weighted by atomic mass is 9.94. The Morgan fingerprint density at radius 2 is 1.15 bits per heavy atom. The third-order valence-corrected chi connectivity index (χ3v) is 8.17. The predicted octanol–water partition coefficient (Wildman–Crippen LogP) is 6.23. The molecule has 8 nitrogen and oxygen atoms in total. The van der Waals surface area contributed by atoms with Crippen LogP contribution in [-0.4, -0.2) is 46.4 Å². The Bertz CT molecular complexity index is 1520. The Balaban J connectivity index is 0.000000625. The molecule has 0 spiro atoms. The molecule has 3 aromatic carbocycles. The Morgan fingerprint density at radius 3 is 1.56 bits per heavy atom. The molecule has 39 heavy (non-hydrogen) atoms. The number of fused-ring (bicyclic) bond motifs is 1. The molecule has 0 heterocycles. The molecule has 3 aromatic rings. The first-order valence-electron chi connectivity index (χ1n) is 12.7. The predicted molar refractivity (Wildman–Crippen MR) is 160 cm³/mol. The zero-order valence-corrected chi connectivity index (χ0v) is 26.5. The summed E-state index contributed by atoms with van der Waals surface area (Å²) in [6.45, 7) is 13.7. The molecule has 0 radical (unpaired) electrons. The van der Waals surface area contributed by atoms with Gasteiger partial charge in [0.05, 0.1) is 21.8 Å². The average molecular weight is 603 g/mol. The first-order chi connectivity index (χ1) is 17.9. The van der Waals surface area contributed by atoms with Crippen molar-refractivity contribution in [1.82, 2.24) is 0 Å². The molecule has 2 N–H and O–H groups in total. The van der Waals surface area contributed by atoms with Gasteiger partial charge in [-0.2, -0.15) is 16.8 Å². The Morgan fingerprint density at radius 1 is 0.692 bits per heavy atom. The quantitative estimate of drug-likeness (QED) is 0.316. The van der Waals surface area contributed by atoms with Crippen LogP contribution in [0.15, 0.2) is 58.3 Å². The van der Waals surface area contributed by atoms with E-state index in [-0.39, 0.29) is 10.6 Å². The minimum Gasteiger partial charge on any atom is -0.286 e. The molecule has 3 rings (SSSR count). The standard InChI is InChI=1S/C15H18O3S.C10H14O2S.C2H6.CH4O3S/c1-4-12-13(5-2)15(19(16,17)18)9-11-8-10(3)6-7-14(11)12;1-3-8-13(11,12)10-6-4-9(2)5-7-10;1-2;1-5(2,3)4/h6-9H,4-5H2,1-3H3,(H,16,17,18);4-7H,3,8H2,1-2H3;1-2H3;1H3,(H,2,3,4). The summed E-state index contributed by atoms with van der Waals surface area (Å²) in [7, 11) is -10.9. The van der Waals surface area contributed by atoms with Crippen molar-refractivity contribution in [2.75, 3.05) is 12.0 Å². The molecule has 0 aliphatic rings. The van der Waals surface area contributed by atoms with Crippen molar-refractivity contribution in [2.24, 2.45) is 0 Å². The van der Waals surface area contributed by atoms with Gasteiger partial charge in [0.2, 0.25) is 0 Å². The zero-order valence-electron chi connectivity index (χ0n) is 24.0. The molecule has 0 saturated carbocycles. The van der Waals surface area contributed by atoms with Gasteiger partial charge in [-0.1, -0.05) is 76.1 Å². The van der Waals surface area contributed by atoms with Gasteiger partial charge in [0.1, 0.15) is 0 Å². The van der Waals surface area contributed by atoms with E-state index >= 15 is 0 Å². The summed E-state index contributed by atoms with van der Waals surface area (Å²) in [6, 6.07) is 14.6. The Hall–Kier alpha value is -2.31. The van der Waals surface area contributed by atoms with Gasteiger partial charge in [0, 0.05) is 0 Å². The summed E-state index contributed by atoms with van der Waals surface area (Å²) in [5.74, 6) is 0.232. The van der Waals surface area contributed by atoms with Gasteiger partial charge in [-0.15, -0.1) is 0 Å². The van der Waals surface area contributed by atoms with Crippen LogP contribution in [0.1, 0.15) is 63.3 Å². The first kappa shape index (κ1) is 36.7. The molecule has 220 valence electrons. The number of hydrogen-bond acceptors (Lipinski definition) is 6. The summed E-state index contributed by atoms with van der Waals surface area (Å²) >= 11 is 0. The van der Waals surface area contributed by atoms with Crippen molar-refractivity contribution < 1.29 is 34.4 Å². The molecule has 0 fully saturated rings. The maximum Gasteiger partial charge on any atom is 0.294 e. The molecule has 0 atom stereocenters. The number of aryl methyl sites for hydroxylation is 3. The fourth-order valence-corrected chi connectivity index (χ4v) is 5.95. The third kappa shape index (κ3) is 12.6. The van der Waals surface area contributed by atoms with Gasteiger partial charge in [-0.05, 0) is 73.2 Å². The van der Waals surface area contributed by atoms with Gasteiger partial charge < -0.3 is 0 Å². The average Bonchev–Trinajstić information content (AvgIpc) is 2.83. The summed E-state index contributed by atoms with van der Waals surface area (Å²) < 4.78 is 81.5. The minimum absolute atomic E-state index is 0.0463. The van der Waals surface area contributed by atoms with Crippen molar-refractivity contribution in [3.63, 3.8) is 0 Å². The van der Waals surface area contributed by atoms with E-state index in [0.29, 0.717) is 24.0 Å². The largest absolute Gasteiger partial charge is 0.294 e. The molecule has 0 unspecified atom stereocenters. The highest BCUT2D eigenvalue weighted by Gasteiger charge is 2.19.